The summed E-state index contributed by atoms with van der Waals surface area (Å²) in [5.74, 6) is 1.74. The van der Waals surface area contributed by atoms with Crippen LogP contribution in [0, 0.1) is 11.8 Å². The van der Waals surface area contributed by atoms with Gasteiger partial charge in [-0.15, -0.1) is 0 Å². The Morgan fingerprint density at radius 1 is 1.13 bits per heavy atom. The third-order valence-corrected chi connectivity index (χ3v) is 8.57. The van der Waals surface area contributed by atoms with E-state index in [9.17, 15) is 4.79 Å². The Kier molecular flexibility index (Phi) is 4.94. The molecule has 3 saturated heterocycles. The van der Waals surface area contributed by atoms with Crippen molar-refractivity contribution in [1.82, 2.24) is 14.4 Å². The van der Waals surface area contributed by atoms with E-state index in [1.54, 1.807) is 5.57 Å². The van der Waals surface area contributed by atoms with Crippen LogP contribution in [0.25, 0.3) is 10.9 Å². The molecule has 2 bridgehead atoms. The Labute approximate surface area is 185 Å². The number of aryl methyl sites for hydroxylation is 2. The maximum atomic E-state index is 13.5. The average Bonchev–Trinajstić information content (AvgIpc) is 3.13. The molecule has 2 unspecified atom stereocenters. The number of fused-ring (bicyclic) bond motifs is 7. The largest absolute Gasteiger partial charge is 0.350 e. The molecule has 1 aromatic heterocycles. The number of piperidine rings is 3. The van der Waals surface area contributed by atoms with Gasteiger partial charge in [0.1, 0.15) is 0 Å². The van der Waals surface area contributed by atoms with E-state index in [0.717, 1.165) is 31.3 Å². The van der Waals surface area contributed by atoms with E-state index in [2.05, 4.69) is 58.0 Å². The minimum Gasteiger partial charge on any atom is -0.350 e. The number of rotatable bonds is 3. The van der Waals surface area contributed by atoms with Crippen LogP contribution in [0.2, 0.25) is 0 Å². The SMILES string of the molecule is Cn1cc(CCC(=O)N2CCCC3=C[C@H]4C[C@@H](CN5CCCCC45)C32)c2ccccc21. The van der Waals surface area contributed by atoms with Crippen LogP contribution in [0.4, 0.5) is 0 Å². The third-order valence-electron chi connectivity index (χ3n) is 8.57. The second-order valence-electron chi connectivity index (χ2n) is 10.4. The van der Waals surface area contributed by atoms with Crippen molar-refractivity contribution >= 4 is 16.8 Å². The summed E-state index contributed by atoms with van der Waals surface area (Å²) in [5.41, 5.74) is 4.15. The lowest BCUT2D eigenvalue weighted by Gasteiger charge is -2.54. The minimum atomic E-state index is 0.364. The van der Waals surface area contributed by atoms with Gasteiger partial charge in [0.15, 0.2) is 0 Å². The van der Waals surface area contributed by atoms with Crippen molar-refractivity contribution in [1.29, 1.82) is 0 Å². The van der Waals surface area contributed by atoms with Crippen molar-refractivity contribution in [2.24, 2.45) is 18.9 Å². The molecule has 4 atom stereocenters. The number of likely N-dealkylation sites (tertiary alicyclic amines) is 1. The normalized spacial score (nSPS) is 30.6. The first-order valence-corrected chi connectivity index (χ1v) is 12.5. The molecule has 4 aliphatic rings. The Bertz CT molecular complexity index is 1020. The van der Waals surface area contributed by atoms with Crippen LogP contribution < -0.4 is 0 Å². The summed E-state index contributed by atoms with van der Waals surface area (Å²) < 4.78 is 2.19. The number of para-hydroxylation sites is 1. The zero-order valence-electron chi connectivity index (χ0n) is 18.8. The second kappa shape index (κ2) is 7.81. The number of amides is 1. The molecule has 0 spiro atoms. The Morgan fingerprint density at radius 3 is 2.97 bits per heavy atom. The van der Waals surface area contributed by atoms with Crippen molar-refractivity contribution in [2.75, 3.05) is 19.6 Å². The third kappa shape index (κ3) is 3.34. The fourth-order valence-corrected chi connectivity index (χ4v) is 7.26. The van der Waals surface area contributed by atoms with Gasteiger partial charge in [-0.1, -0.05) is 36.3 Å². The highest BCUT2D eigenvalue weighted by atomic mass is 16.2. The van der Waals surface area contributed by atoms with Crippen molar-refractivity contribution in [3.8, 4) is 0 Å². The van der Waals surface area contributed by atoms with Gasteiger partial charge in [-0.25, -0.2) is 0 Å². The van der Waals surface area contributed by atoms with E-state index < -0.39 is 0 Å². The Morgan fingerprint density at radius 2 is 2.03 bits per heavy atom. The highest BCUT2D eigenvalue weighted by molar-refractivity contribution is 5.85. The summed E-state index contributed by atoms with van der Waals surface area (Å²) in [6.07, 6.45) is 14.0. The lowest BCUT2D eigenvalue weighted by Crippen LogP contribution is -2.60. The number of hydrogen-bond acceptors (Lipinski definition) is 2. The van der Waals surface area contributed by atoms with Crippen LogP contribution in [0.15, 0.2) is 42.1 Å². The Hall–Kier alpha value is -2.07. The zero-order valence-corrected chi connectivity index (χ0v) is 18.8. The molecule has 0 saturated carbocycles. The first kappa shape index (κ1) is 19.6. The van der Waals surface area contributed by atoms with Crippen LogP contribution in [-0.2, 0) is 18.3 Å². The highest BCUT2D eigenvalue weighted by Crippen LogP contribution is 2.45. The maximum Gasteiger partial charge on any atom is 0.223 e. The van der Waals surface area contributed by atoms with Gasteiger partial charge in [0.05, 0.1) is 6.04 Å². The fourth-order valence-electron chi connectivity index (χ4n) is 7.26. The monoisotopic (exact) mass is 417 g/mol. The topological polar surface area (TPSA) is 28.5 Å². The smallest absolute Gasteiger partial charge is 0.223 e. The molecule has 4 heteroatoms. The average molecular weight is 418 g/mol. The van der Waals surface area contributed by atoms with E-state index in [1.807, 2.05) is 0 Å². The molecule has 1 aliphatic carbocycles. The number of carbonyl (C=O) groups is 1. The molecule has 1 aromatic carbocycles. The van der Waals surface area contributed by atoms with Gasteiger partial charge in [0, 0.05) is 49.7 Å². The molecule has 4 heterocycles. The second-order valence-corrected chi connectivity index (χ2v) is 10.4. The molecule has 0 N–H and O–H groups in total. The summed E-state index contributed by atoms with van der Waals surface area (Å²) >= 11 is 0. The van der Waals surface area contributed by atoms with Crippen LogP contribution >= 0.6 is 0 Å². The van der Waals surface area contributed by atoms with Gasteiger partial charge in [0.25, 0.3) is 0 Å². The first-order valence-electron chi connectivity index (χ1n) is 12.5. The number of hydrogen-bond donors (Lipinski definition) is 0. The molecule has 3 aliphatic heterocycles. The van der Waals surface area contributed by atoms with Crippen LogP contribution in [0.5, 0.6) is 0 Å². The van der Waals surface area contributed by atoms with Crippen LogP contribution in [-0.4, -0.2) is 52.0 Å². The van der Waals surface area contributed by atoms with Crippen molar-refractivity contribution in [3.63, 3.8) is 0 Å². The lowest BCUT2D eigenvalue weighted by atomic mass is 9.68. The molecule has 3 fully saturated rings. The molecular formula is C27H35N3O. The molecule has 1 amide bonds. The summed E-state index contributed by atoms with van der Waals surface area (Å²) in [4.78, 5) is 18.5. The quantitative estimate of drug-likeness (QED) is 0.687. The van der Waals surface area contributed by atoms with Gasteiger partial charge >= 0.3 is 0 Å². The van der Waals surface area contributed by atoms with Crippen molar-refractivity contribution in [2.45, 2.75) is 63.5 Å². The van der Waals surface area contributed by atoms with Crippen molar-refractivity contribution in [3.05, 3.63) is 47.7 Å². The zero-order chi connectivity index (χ0) is 20.9. The number of benzene rings is 1. The molecule has 0 radical (unpaired) electrons. The maximum absolute atomic E-state index is 13.5. The van der Waals surface area contributed by atoms with E-state index in [4.69, 9.17) is 0 Å². The van der Waals surface area contributed by atoms with E-state index in [0.29, 0.717) is 24.3 Å². The fraction of sp³-hybridized carbons (Fsp3) is 0.593. The van der Waals surface area contributed by atoms with Gasteiger partial charge in [-0.2, -0.15) is 0 Å². The summed E-state index contributed by atoms with van der Waals surface area (Å²) in [5, 5.41) is 1.29. The first-order chi connectivity index (χ1) is 15.2. The van der Waals surface area contributed by atoms with Crippen LogP contribution in [0.1, 0.15) is 50.5 Å². The molecule has 164 valence electrons. The number of carbonyl (C=O) groups excluding carboxylic acids is 1. The lowest BCUT2D eigenvalue weighted by molar-refractivity contribution is -0.136. The minimum absolute atomic E-state index is 0.364. The standard InChI is InChI=1S/C27H35N3O/c1-28-17-20(23-8-2-3-10-25(23)28)11-12-26(31)30-14-6-7-19-15-21-16-22(27(19)30)18-29-13-5-4-9-24(21)29/h2-3,8,10,15,17,21-22,24,27H,4-7,9,11-14,16,18H2,1H3/t21-,22-,24?,27?/m0/s1. The number of aromatic nitrogens is 1. The Balaban J connectivity index is 1.21. The summed E-state index contributed by atoms with van der Waals surface area (Å²) in [6, 6.07) is 9.69. The summed E-state index contributed by atoms with van der Waals surface area (Å²) in [6.45, 7) is 3.42. The molecule has 31 heavy (non-hydrogen) atoms. The molecule has 4 nitrogen and oxygen atoms in total. The summed E-state index contributed by atoms with van der Waals surface area (Å²) in [7, 11) is 2.10. The van der Waals surface area contributed by atoms with E-state index in [-0.39, 0.29) is 0 Å². The molecule has 2 aromatic rings. The van der Waals surface area contributed by atoms with Crippen LogP contribution in [0.3, 0.4) is 0 Å². The molecular weight excluding hydrogens is 382 g/mol. The van der Waals surface area contributed by atoms with Gasteiger partial charge in [0.2, 0.25) is 5.91 Å². The van der Waals surface area contributed by atoms with E-state index in [1.165, 1.54) is 61.7 Å². The van der Waals surface area contributed by atoms with Gasteiger partial charge in [-0.3, -0.25) is 9.69 Å². The molecule has 6 rings (SSSR count). The number of nitrogens with zero attached hydrogens (tertiary/aromatic N) is 3. The highest BCUT2D eigenvalue weighted by Gasteiger charge is 2.46. The predicted octanol–water partition coefficient (Wildman–Crippen LogP) is 4.53. The predicted molar refractivity (Wildman–Crippen MR) is 125 cm³/mol. The van der Waals surface area contributed by atoms with E-state index >= 15 is 0 Å². The van der Waals surface area contributed by atoms with Gasteiger partial charge in [-0.05, 0) is 68.5 Å². The van der Waals surface area contributed by atoms with Crippen molar-refractivity contribution < 1.29 is 4.79 Å². The van der Waals surface area contributed by atoms with Gasteiger partial charge < -0.3 is 9.47 Å².